The van der Waals surface area contributed by atoms with Gasteiger partial charge in [-0.05, 0) is 66.6 Å². The van der Waals surface area contributed by atoms with E-state index in [0.29, 0.717) is 17.1 Å². The fourth-order valence-corrected chi connectivity index (χ4v) is 6.05. The third-order valence-corrected chi connectivity index (χ3v) is 8.65. The van der Waals surface area contributed by atoms with Crippen molar-refractivity contribution in [2.24, 2.45) is 0 Å². The average molecular weight is 608 g/mol. The third kappa shape index (κ3) is 7.74. The first-order valence-corrected chi connectivity index (χ1v) is 15.2. The van der Waals surface area contributed by atoms with Crippen molar-refractivity contribution >= 4 is 39.1 Å². The van der Waals surface area contributed by atoms with E-state index in [2.05, 4.69) is 5.32 Å². The Hall–Kier alpha value is -4.21. The lowest BCUT2D eigenvalue weighted by atomic mass is 10.0. The number of sulfonamides is 1. The Morgan fingerprint density at radius 2 is 1.43 bits per heavy atom. The molecule has 42 heavy (non-hydrogen) atoms. The second kappa shape index (κ2) is 14.1. The lowest BCUT2D eigenvalue weighted by Gasteiger charge is -2.33. The predicted octanol–water partition coefficient (Wildman–Crippen LogP) is 5.45. The molecule has 0 saturated carbocycles. The van der Waals surface area contributed by atoms with E-state index >= 15 is 0 Å². The van der Waals surface area contributed by atoms with E-state index in [9.17, 15) is 22.4 Å². The van der Waals surface area contributed by atoms with Crippen molar-refractivity contribution in [3.05, 3.63) is 131 Å². The van der Waals surface area contributed by atoms with Crippen molar-refractivity contribution in [2.75, 3.05) is 17.4 Å². The largest absolute Gasteiger partial charge is 0.355 e. The summed E-state index contributed by atoms with van der Waals surface area (Å²) in [6.07, 6.45) is 0.202. The van der Waals surface area contributed by atoms with E-state index in [4.69, 9.17) is 11.6 Å². The first-order valence-electron chi connectivity index (χ1n) is 13.4. The summed E-state index contributed by atoms with van der Waals surface area (Å²) in [4.78, 5) is 29.0. The Labute approximate surface area is 250 Å². The monoisotopic (exact) mass is 607 g/mol. The van der Waals surface area contributed by atoms with Gasteiger partial charge in [-0.2, -0.15) is 0 Å². The molecule has 1 N–H and O–H groups in total. The lowest BCUT2D eigenvalue weighted by molar-refractivity contribution is -0.140. The average Bonchev–Trinajstić information content (AvgIpc) is 3.00. The summed E-state index contributed by atoms with van der Waals surface area (Å²) in [5, 5.41) is 3.33. The second-order valence-corrected chi connectivity index (χ2v) is 11.8. The van der Waals surface area contributed by atoms with E-state index in [1.54, 1.807) is 49.4 Å². The fraction of sp³-hybridized carbons (Fsp3) is 0.188. The van der Waals surface area contributed by atoms with Crippen molar-refractivity contribution in [2.45, 2.75) is 30.8 Å². The van der Waals surface area contributed by atoms with E-state index < -0.39 is 34.3 Å². The van der Waals surface area contributed by atoms with Gasteiger partial charge >= 0.3 is 0 Å². The van der Waals surface area contributed by atoms with Gasteiger partial charge in [-0.1, -0.05) is 72.3 Å². The number of amides is 2. The number of nitrogens with one attached hydrogen (secondary N) is 1. The van der Waals surface area contributed by atoms with Crippen molar-refractivity contribution in [3.8, 4) is 0 Å². The summed E-state index contributed by atoms with van der Waals surface area (Å²) < 4.78 is 42.4. The van der Waals surface area contributed by atoms with Crippen LogP contribution in [-0.2, 0) is 32.6 Å². The Bertz CT molecular complexity index is 1590. The molecule has 4 aromatic carbocycles. The molecule has 0 saturated heterocycles. The lowest BCUT2D eigenvalue weighted by Crippen LogP contribution is -2.53. The molecule has 0 unspecified atom stereocenters. The number of nitrogens with zero attached hydrogens (tertiary/aromatic N) is 2. The zero-order valence-corrected chi connectivity index (χ0v) is 24.6. The Kier molecular flexibility index (Phi) is 10.3. The molecule has 218 valence electrons. The molecule has 10 heteroatoms. The zero-order valence-electron chi connectivity index (χ0n) is 23.0. The number of halogens is 2. The standard InChI is InChI=1S/C32H31ClFN3O4S/c1-2-35-32(39)30(21-24-9-5-3-6-10-24)36(22-25-13-15-26(33)16-14-25)31(38)23-37(28-19-17-27(34)18-20-28)42(40,41)29-11-7-4-8-12-29/h3-20,30H,2,21-23H2,1H3,(H,35,39)/t30-/m0/s1. The molecular formula is C32H31ClFN3O4S. The quantitative estimate of drug-likeness (QED) is 0.232. The molecule has 0 aliphatic heterocycles. The van der Waals surface area contributed by atoms with Crippen molar-refractivity contribution < 1.29 is 22.4 Å². The maximum absolute atomic E-state index is 14.2. The van der Waals surface area contributed by atoms with Crippen LogP contribution in [0.2, 0.25) is 5.02 Å². The first-order chi connectivity index (χ1) is 20.2. The minimum absolute atomic E-state index is 0.0211. The summed E-state index contributed by atoms with van der Waals surface area (Å²) in [6.45, 7) is 1.52. The number of carbonyl (C=O) groups is 2. The van der Waals surface area contributed by atoms with E-state index in [1.807, 2.05) is 30.3 Å². The fourth-order valence-electron chi connectivity index (χ4n) is 4.49. The van der Waals surface area contributed by atoms with Crippen LogP contribution in [0.15, 0.2) is 114 Å². The van der Waals surface area contributed by atoms with Crippen molar-refractivity contribution in [1.82, 2.24) is 10.2 Å². The highest BCUT2D eigenvalue weighted by molar-refractivity contribution is 7.92. The molecule has 0 spiro atoms. The Morgan fingerprint density at radius 3 is 2.02 bits per heavy atom. The summed E-state index contributed by atoms with van der Waals surface area (Å²) in [5.74, 6) is -1.53. The SMILES string of the molecule is CCNC(=O)[C@H](Cc1ccccc1)N(Cc1ccc(Cl)cc1)C(=O)CN(c1ccc(F)cc1)S(=O)(=O)c1ccccc1. The first kappa shape index (κ1) is 30.7. The van der Waals surface area contributed by atoms with Crippen LogP contribution < -0.4 is 9.62 Å². The minimum atomic E-state index is -4.24. The smallest absolute Gasteiger partial charge is 0.264 e. The van der Waals surface area contributed by atoms with Gasteiger partial charge in [-0.15, -0.1) is 0 Å². The number of likely N-dealkylation sites (N-methyl/N-ethyl adjacent to an activating group) is 1. The summed E-state index contributed by atoms with van der Waals surface area (Å²) in [5.41, 5.74) is 1.64. The van der Waals surface area contributed by atoms with Gasteiger partial charge in [-0.25, -0.2) is 12.8 Å². The predicted molar refractivity (Wildman–Crippen MR) is 162 cm³/mol. The molecule has 4 rings (SSSR count). The van der Waals surface area contributed by atoms with E-state index in [-0.39, 0.29) is 29.5 Å². The van der Waals surface area contributed by atoms with Crippen LogP contribution in [0, 0.1) is 5.82 Å². The highest BCUT2D eigenvalue weighted by Crippen LogP contribution is 2.25. The Balaban J connectivity index is 1.78. The van der Waals surface area contributed by atoms with Gasteiger partial charge in [0, 0.05) is 24.5 Å². The van der Waals surface area contributed by atoms with E-state index in [1.165, 1.54) is 29.2 Å². The second-order valence-electron chi connectivity index (χ2n) is 9.55. The molecule has 0 fully saturated rings. The zero-order chi connectivity index (χ0) is 30.1. The van der Waals surface area contributed by atoms with Crippen LogP contribution in [-0.4, -0.2) is 44.3 Å². The van der Waals surface area contributed by atoms with Gasteiger partial charge in [0.1, 0.15) is 18.4 Å². The summed E-state index contributed by atoms with van der Waals surface area (Å²) in [7, 11) is -4.24. The number of rotatable bonds is 12. The van der Waals surface area contributed by atoms with Crippen LogP contribution in [0.4, 0.5) is 10.1 Å². The van der Waals surface area contributed by atoms with Gasteiger partial charge < -0.3 is 10.2 Å². The molecule has 7 nitrogen and oxygen atoms in total. The molecule has 0 aliphatic carbocycles. The molecule has 2 amide bonds. The summed E-state index contributed by atoms with van der Waals surface area (Å²) in [6, 6.07) is 27.7. The molecule has 1 atom stereocenters. The summed E-state index contributed by atoms with van der Waals surface area (Å²) >= 11 is 6.08. The molecule has 0 radical (unpaired) electrons. The van der Waals surface area contributed by atoms with Crippen LogP contribution in [0.3, 0.4) is 0 Å². The highest BCUT2D eigenvalue weighted by atomic mass is 35.5. The molecular weight excluding hydrogens is 577 g/mol. The number of hydrogen-bond acceptors (Lipinski definition) is 4. The van der Waals surface area contributed by atoms with E-state index in [0.717, 1.165) is 22.0 Å². The molecule has 0 bridgehead atoms. The van der Waals surface area contributed by atoms with Crippen LogP contribution in [0.1, 0.15) is 18.1 Å². The molecule has 0 heterocycles. The molecule has 0 aliphatic rings. The maximum Gasteiger partial charge on any atom is 0.264 e. The number of anilines is 1. The van der Waals surface area contributed by atoms with Gasteiger partial charge in [0.2, 0.25) is 11.8 Å². The maximum atomic E-state index is 14.2. The normalized spacial score (nSPS) is 11.9. The van der Waals surface area contributed by atoms with Crippen LogP contribution in [0.25, 0.3) is 0 Å². The third-order valence-electron chi connectivity index (χ3n) is 6.61. The number of benzene rings is 4. The Morgan fingerprint density at radius 1 is 0.833 bits per heavy atom. The topological polar surface area (TPSA) is 86.8 Å². The number of carbonyl (C=O) groups excluding carboxylic acids is 2. The van der Waals surface area contributed by atoms with Crippen molar-refractivity contribution in [1.29, 1.82) is 0 Å². The van der Waals surface area contributed by atoms with Crippen LogP contribution in [0.5, 0.6) is 0 Å². The molecule has 4 aromatic rings. The van der Waals surface area contributed by atoms with Crippen molar-refractivity contribution in [3.63, 3.8) is 0 Å². The van der Waals surface area contributed by atoms with Gasteiger partial charge in [0.05, 0.1) is 10.6 Å². The van der Waals surface area contributed by atoms with Crippen LogP contribution >= 0.6 is 11.6 Å². The van der Waals surface area contributed by atoms with Gasteiger partial charge in [0.25, 0.3) is 10.0 Å². The molecule has 0 aromatic heterocycles. The number of hydrogen-bond donors (Lipinski definition) is 1. The van der Waals surface area contributed by atoms with Gasteiger partial charge in [-0.3, -0.25) is 13.9 Å². The minimum Gasteiger partial charge on any atom is -0.355 e. The van der Waals surface area contributed by atoms with Gasteiger partial charge in [0.15, 0.2) is 0 Å². The highest BCUT2D eigenvalue weighted by Gasteiger charge is 2.34.